The van der Waals surface area contributed by atoms with E-state index in [-0.39, 0.29) is 5.92 Å². The maximum Gasteiger partial charge on any atom is 0.184 e. The van der Waals surface area contributed by atoms with E-state index in [1.807, 2.05) is 0 Å². The van der Waals surface area contributed by atoms with Crippen molar-refractivity contribution in [1.82, 2.24) is 0 Å². The minimum atomic E-state index is -3.80. The van der Waals surface area contributed by atoms with Crippen molar-refractivity contribution in [1.29, 1.82) is 0 Å². The number of anilines is 12. The number of rotatable bonds is 16. The van der Waals surface area contributed by atoms with Crippen LogP contribution in [0.1, 0.15) is 44.4 Å². The average molecular weight is 940 g/mol. The van der Waals surface area contributed by atoms with Crippen molar-refractivity contribution >= 4 is 91.9 Å². The van der Waals surface area contributed by atoms with Crippen LogP contribution in [0, 0.1) is 26.7 Å². The first-order chi connectivity index (χ1) is 30.7. The lowest BCUT2D eigenvalue weighted by Gasteiger charge is -2.50. The van der Waals surface area contributed by atoms with E-state index in [9.17, 15) is 0 Å². The van der Waals surface area contributed by atoms with Crippen LogP contribution >= 0.6 is 0 Å². The second kappa shape index (κ2) is 19.5. The second-order valence-corrected chi connectivity index (χ2v) is 25.3. The van der Waals surface area contributed by atoms with Crippen molar-refractivity contribution in [3.05, 3.63) is 38.6 Å². The molecule has 0 saturated heterocycles. The average Bonchev–Trinajstić information content (AvgIpc) is 3.38. The number of benzene rings is 3. The number of nitrogens with zero attached hydrogens (tertiary/aromatic N) is 12. The summed E-state index contributed by atoms with van der Waals surface area (Å²) in [5.74, 6) is 0.141. The molecule has 12 nitrogen and oxygen atoms in total. The van der Waals surface area contributed by atoms with E-state index in [1.54, 1.807) is 5.20 Å². The van der Waals surface area contributed by atoms with Gasteiger partial charge in [-0.15, -0.1) is 0 Å². The fourth-order valence-corrected chi connectivity index (χ4v) is 19.4. The monoisotopic (exact) mass is 939 g/mol. The summed E-state index contributed by atoms with van der Waals surface area (Å²) in [6, 6.07) is 0. The maximum atomic E-state index is 2.52. The van der Waals surface area contributed by atoms with E-state index >= 15 is 0 Å². The molecule has 0 fully saturated rings. The van der Waals surface area contributed by atoms with E-state index < -0.39 is 8.07 Å². The van der Waals surface area contributed by atoms with E-state index in [2.05, 4.69) is 276 Å². The normalized spacial score (nSPS) is 13.9. The highest BCUT2D eigenvalue weighted by atomic mass is 28.3. The SMILES string of the molecule is CC1=C(C)C(C)C([Si](c2c(C)c(N(C)C)c(N(C)C)c(N(C)C)c2N(C)C)(c2c(C)c(N(C)C)c(N(C)C)c(N(C)C)c2N(C)C)c2c(C)c(N(C)C)c(N(C)C)c(N(C)C)c2N(C)C)=C1C. The van der Waals surface area contributed by atoms with Gasteiger partial charge in [-0.2, -0.15) is 0 Å². The molecule has 0 aromatic heterocycles. The number of hydrogen-bond acceptors (Lipinski definition) is 12. The van der Waals surface area contributed by atoms with Crippen LogP contribution in [-0.2, 0) is 0 Å². The molecule has 1 unspecified atom stereocenters. The highest BCUT2D eigenvalue weighted by Crippen LogP contribution is 2.55. The summed E-state index contributed by atoms with van der Waals surface area (Å²) < 4.78 is 0. The molecule has 3 aromatic carbocycles. The lowest BCUT2D eigenvalue weighted by atomic mass is 10.0. The summed E-state index contributed by atoms with van der Waals surface area (Å²) in [6.07, 6.45) is 0. The van der Waals surface area contributed by atoms with E-state index in [0.29, 0.717) is 0 Å². The van der Waals surface area contributed by atoms with Gasteiger partial charge in [0.05, 0.1) is 68.2 Å². The molecule has 374 valence electrons. The zero-order valence-corrected chi connectivity index (χ0v) is 49.4. The zero-order chi connectivity index (χ0) is 51.7. The van der Waals surface area contributed by atoms with Crippen LogP contribution in [-0.4, -0.2) is 177 Å². The van der Waals surface area contributed by atoms with E-state index in [4.69, 9.17) is 0 Å². The summed E-state index contributed by atoms with van der Waals surface area (Å²) in [5.41, 5.74) is 22.9. The second-order valence-electron chi connectivity index (χ2n) is 21.7. The van der Waals surface area contributed by atoms with Crippen LogP contribution in [0.5, 0.6) is 0 Å². The van der Waals surface area contributed by atoms with Gasteiger partial charge in [0, 0.05) is 169 Å². The Balaban J connectivity index is 3.04. The van der Waals surface area contributed by atoms with Gasteiger partial charge in [-0.1, -0.05) is 23.3 Å². The Labute approximate surface area is 411 Å². The molecule has 0 heterocycles. The third kappa shape index (κ3) is 8.39. The minimum absolute atomic E-state index is 0.141. The first-order valence-electron chi connectivity index (χ1n) is 23.8. The topological polar surface area (TPSA) is 38.9 Å². The van der Waals surface area contributed by atoms with Gasteiger partial charge < -0.3 is 58.8 Å². The van der Waals surface area contributed by atoms with Crippen LogP contribution in [0.4, 0.5) is 68.2 Å². The third-order valence-electron chi connectivity index (χ3n) is 14.5. The highest BCUT2D eigenvalue weighted by Gasteiger charge is 2.57. The molecule has 1 aliphatic carbocycles. The van der Waals surface area contributed by atoms with Gasteiger partial charge in [-0.05, 0) is 85.3 Å². The summed E-state index contributed by atoms with van der Waals surface area (Å²) in [5, 5.41) is 5.83. The van der Waals surface area contributed by atoms with Crippen LogP contribution in [0.2, 0.25) is 0 Å². The van der Waals surface area contributed by atoms with Gasteiger partial charge in [0.1, 0.15) is 0 Å². The van der Waals surface area contributed by atoms with Gasteiger partial charge in [0.2, 0.25) is 0 Å². The zero-order valence-electron chi connectivity index (χ0n) is 48.4. The number of hydrogen-bond donors (Lipinski definition) is 0. The Bertz CT molecular complexity index is 2200. The summed E-state index contributed by atoms with van der Waals surface area (Å²) in [6.45, 7) is 17.1. The molecule has 67 heavy (non-hydrogen) atoms. The fourth-order valence-electron chi connectivity index (χ4n) is 12.1. The molecule has 0 spiro atoms. The molecule has 0 aliphatic heterocycles. The fraction of sp³-hybridized carbons (Fsp3) is 0.593. The molecule has 0 bridgehead atoms. The Morgan fingerprint density at radius 1 is 0.254 bits per heavy atom. The van der Waals surface area contributed by atoms with Crippen LogP contribution in [0.25, 0.3) is 0 Å². The van der Waals surface area contributed by atoms with Crippen molar-refractivity contribution in [2.24, 2.45) is 5.92 Å². The van der Waals surface area contributed by atoms with Crippen molar-refractivity contribution in [2.45, 2.75) is 48.5 Å². The van der Waals surface area contributed by atoms with Crippen molar-refractivity contribution in [2.75, 3.05) is 228 Å². The lowest BCUT2D eigenvalue weighted by molar-refractivity contribution is 0.851. The molecular formula is C54H94N12Si. The highest BCUT2D eigenvalue weighted by molar-refractivity contribution is 7.19. The van der Waals surface area contributed by atoms with Gasteiger partial charge in [-0.3, -0.25) is 0 Å². The molecule has 3 aromatic rings. The van der Waals surface area contributed by atoms with E-state index in [0.717, 1.165) is 0 Å². The van der Waals surface area contributed by atoms with Gasteiger partial charge in [-0.25, -0.2) is 0 Å². The molecule has 0 N–H and O–H groups in total. The Kier molecular flexibility index (Phi) is 15.9. The van der Waals surface area contributed by atoms with Crippen LogP contribution < -0.4 is 74.4 Å². The van der Waals surface area contributed by atoms with Gasteiger partial charge >= 0.3 is 0 Å². The predicted molar refractivity (Wildman–Crippen MR) is 310 cm³/mol. The number of allylic oxidation sites excluding steroid dienone is 4. The Hall–Kier alpha value is -5.04. The quantitative estimate of drug-likeness (QED) is 0.113. The lowest BCUT2D eigenvalue weighted by Crippen LogP contribution is -2.73. The summed E-state index contributed by atoms with van der Waals surface area (Å²) in [7, 11) is 50.0. The minimum Gasteiger partial charge on any atom is -0.376 e. The first kappa shape index (κ1) is 54.6. The molecule has 13 heteroatoms. The Morgan fingerprint density at radius 2 is 0.433 bits per heavy atom. The van der Waals surface area contributed by atoms with Crippen LogP contribution in [0.3, 0.4) is 0 Å². The molecular weight excluding hydrogens is 845 g/mol. The molecule has 4 rings (SSSR count). The standard InChI is InChI=1S/C54H94N12Si/c1-32-33(2)35(4)51(34(32)3)67(52-36(5)39(55(8)9)42(58(14)15)45(61(20)21)48(52)64(26)27,53-37(6)40(56(10)11)43(59(16)17)46(62(22)23)49(53)65(28)29)54-38(7)41(57(12)13)44(60(18)19)47(63(24)25)50(54)66(30)31/h34H,1-31H3. The third-order valence-corrected chi connectivity index (χ3v) is 20.2. The van der Waals surface area contributed by atoms with Crippen molar-refractivity contribution in [3.8, 4) is 0 Å². The predicted octanol–water partition coefficient (Wildman–Crippen LogP) is 6.72. The summed E-state index contributed by atoms with van der Waals surface area (Å²) in [4.78, 5) is 28.6. The van der Waals surface area contributed by atoms with Crippen molar-refractivity contribution < 1.29 is 0 Å². The van der Waals surface area contributed by atoms with E-state index in [1.165, 1.54) is 117 Å². The van der Waals surface area contributed by atoms with Gasteiger partial charge in [0.25, 0.3) is 0 Å². The first-order valence-corrected chi connectivity index (χ1v) is 25.8. The molecule has 0 radical (unpaired) electrons. The largest absolute Gasteiger partial charge is 0.376 e. The molecule has 0 saturated carbocycles. The van der Waals surface area contributed by atoms with Crippen LogP contribution in [0.15, 0.2) is 21.9 Å². The summed E-state index contributed by atoms with van der Waals surface area (Å²) >= 11 is 0. The van der Waals surface area contributed by atoms with Crippen molar-refractivity contribution in [3.63, 3.8) is 0 Å². The molecule has 1 atom stereocenters. The molecule has 0 amide bonds. The smallest absolute Gasteiger partial charge is 0.184 e. The maximum absolute atomic E-state index is 3.80. The molecule has 1 aliphatic rings. The Morgan fingerprint density at radius 3 is 0.582 bits per heavy atom. The van der Waals surface area contributed by atoms with Gasteiger partial charge in [0.15, 0.2) is 8.07 Å².